The number of nitrogens with zero attached hydrogens (tertiary/aromatic N) is 4. The van der Waals surface area contributed by atoms with Crippen LogP contribution in [0.1, 0.15) is 30.5 Å². The molecule has 0 spiro atoms. The predicted molar refractivity (Wildman–Crippen MR) is 92.4 cm³/mol. The van der Waals surface area contributed by atoms with E-state index in [1.807, 2.05) is 18.2 Å². The van der Waals surface area contributed by atoms with Crippen molar-refractivity contribution in [2.45, 2.75) is 19.4 Å². The number of rotatable bonds is 2. The number of benzene rings is 2. The summed E-state index contributed by atoms with van der Waals surface area (Å²) in [7, 11) is 0. The quantitative estimate of drug-likeness (QED) is 0.721. The van der Waals surface area contributed by atoms with E-state index in [1.54, 1.807) is 24.5 Å². The van der Waals surface area contributed by atoms with E-state index in [0.717, 1.165) is 27.9 Å². The number of hydrogen-bond donors (Lipinski definition) is 0. The Kier molecular flexibility index (Phi) is 3.72. The van der Waals surface area contributed by atoms with Crippen molar-refractivity contribution in [1.29, 1.82) is 0 Å². The summed E-state index contributed by atoms with van der Waals surface area (Å²) in [6.07, 6.45) is 3.86. The van der Waals surface area contributed by atoms with Crippen molar-refractivity contribution in [2.24, 2.45) is 5.10 Å². The highest BCUT2D eigenvalue weighted by molar-refractivity contribution is 6.03. The average Bonchev–Trinajstić information content (AvgIpc) is 3.07. The van der Waals surface area contributed by atoms with E-state index in [4.69, 9.17) is 0 Å². The molecule has 6 heteroatoms. The van der Waals surface area contributed by atoms with E-state index in [0.29, 0.717) is 6.42 Å². The van der Waals surface area contributed by atoms with Crippen LogP contribution in [0.4, 0.5) is 4.39 Å². The Morgan fingerprint density at radius 1 is 1.08 bits per heavy atom. The number of fused-ring (bicyclic) bond motifs is 1. The fraction of sp³-hybridized carbons (Fsp3) is 0.158. The minimum absolute atomic E-state index is 0.138. The van der Waals surface area contributed by atoms with Gasteiger partial charge in [0.1, 0.15) is 5.82 Å². The summed E-state index contributed by atoms with van der Waals surface area (Å²) >= 11 is 0. The normalized spacial score (nSPS) is 17.0. The lowest BCUT2D eigenvalue weighted by atomic mass is 9.98. The molecule has 4 rings (SSSR count). The van der Waals surface area contributed by atoms with Gasteiger partial charge < -0.3 is 0 Å². The molecule has 0 N–H and O–H groups in total. The van der Waals surface area contributed by atoms with Gasteiger partial charge in [-0.1, -0.05) is 18.2 Å². The maximum atomic E-state index is 13.2. The number of carbonyl (C=O) groups excluding carboxylic acids is 1. The van der Waals surface area contributed by atoms with Crippen LogP contribution in [-0.4, -0.2) is 26.6 Å². The second kappa shape index (κ2) is 6.05. The van der Waals surface area contributed by atoms with E-state index < -0.39 is 0 Å². The summed E-state index contributed by atoms with van der Waals surface area (Å²) in [5, 5.41) is 5.95. The molecule has 25 heavy (non-hydrogen) atoms. The van der Waals surface area contributed by atoms with Crippen LogP contribution >= 0.6 is 0 Å². The van der Waals surface area contributed by atoms with Gasteiger partial charge in [-0.25, -0.2) is 9.40 Å². The molecule has 0 bridgehead atoms. The maximum absolute atomic E-state index is 13.2. The van der Waals surface area contributed by atoms with Crippen LogP contribution < -0.4 is 0 Å². The lowest BCUT2D eigenvalue weighted by molar-refractivity contribution is -0.130. The van der Waals surface area contributed by atoms with Gasteiger partial charge in [0.05, 0.1) is 22.8 Å². The molecule has 0 fully saturated rings. The van der Waals surface area contributed by atoms with Crippen molar-refractivity contribution in [3.05, 3.63) is 71.8 Å². The van der Waals surface area contributed by atoms with Gasteiger partial charge in [-0.05, 0) is 35.4 Å². The zero-order chi connectivity index (χ0) is 17.4. The first-order chi connectivity index (χ1) is 12.1. The van der Waals surface area contributed by atoms with Crippen molar-refractivity contribution >= 4 is 22.7 Å². The molecule has 1 aliphatic heterocycles. The Labute approximate surface area is 143 Å². The molecule has 5 nitrogen and oxygen atoms in total. The molecule has 3 aromatic rings. The third-order valence-corrected chi connectivity index (χ3v) is 4.29. The highest BCUT2D eigenvalue weighted by Crippen LogP contribution is 2.33. The van der Waals surface area contributed by atoms with Crippen LogP contribution in [0, 0.1) is 5.82 Å². The standard InChI is InChI=1S/C19H15FN4O/c1-12(25)24-19(11-17(23-24)13-2-5-15(20)6-3-13)14-4-7-16-18(10-14)22-9-8-21-16/h2-10,19H,11H2,1H3/t19-/m1/s1. The van der Waals surface area contributed by atoms with Crippen LogP contribution in [0.5, 0.6) is 0 Å². The van der Waals surface area contributed by atoms with E-state index >= 15 is 0 Å². The second-order valence-electron chi connectivity index (χ2n) is 5.94. The molecule has 1 amide bonds. The second-order valence-corrected chi connectivity index (χ2v) is 5.94. The van der Waals surface area contributed by atoms with Gasteiger partial charge in [-0.15, -0.1) is 0 Å². The molecular weight excluding hydrogens is 319 g/mol. The van der Waals surface area contributed by atoms with E-state index in [2.05, 4.69) is 15.1 Å². The maximum Gasteiger partial charge on any atom is 0.240 e. The van der Waals surface area contributed by atoms with Gasteiger partial charge in [0.25, 0.3) is 0 Å². The zero-order valence-corrected chi connectivity index (χ0v) is 13.6. The minimum atomic E-state index is -0.296. The summed E-state index contributed by atoms with van der Waals surface area (Å²) in [5.41, 5.74) is 4.11. The van der Waals surface area contributed by atoms with Gasteiger partial charge in [0.2, 0.25) is 5.91 Å². The Hall–Kier alpha value is -3.15. The monoisotopic (exact) mass is 334 g/mol. The van der Waals surface area contributed by atoms with Crippen LogP contribution in [0.3, 0.4) is 0 Å². The summed E-state index contributed by atoms with van der Waals surface area (Å²) in [4.78, 5) is 20.6. The van der Waals surface area contributed by atoms with Gasteiger partial charge in [0.15, 0.2) is 0 Å². The Morgan fingerprint density at radius 3 is 2.52 bits per heavy atom. The molecule has 124 valence electrons. The van der Waals surface area contributed by atoms with Crippen LogP contribution in [0.2, 0.25) is 0 Å². The molecule has 1 aliphatic rings. The van der Waals surface area contributed by atoms with E-state index in [1.165, 1.54) is 24.1 Å². The van der Waals surface area contributed by atoms with Crippen molar-refractivity contribution in [2.75, 3.05) is 0 Å². The summed E-state index contributed by atoms with van der Waals surface area (Å²) in [5.74, 6) is -0.434. The molecule has 0 saturated carbocycles. The van der Waals surface area contributed by atoms with Gasteiger partial charge in [-0.3, -0.25) is 14.8 Å². The molecular formula is C19H15FN4O. The van der Waals surface area contributed by atoms with Gasteiger partial charge in [-0.2, -0.15) is 5.10 Å². The average molecular weight is 334 g/mol. The molecule has 1 atom stereocenters. The largest absolute Gasteiger partial charge is 0.273 e. The summed E-state index contributed by atoms with van der Waals surface area (Å²) in [6.45, 7) is 1.49. The Morgan fingerprint density at radius 2 is 1.80 bits per heavy atom. The fourth-order valence-electron chi connectivity index (χ4n) is 3.06. The third kappa shape index (κ3) is 2.87. The van der Waals surface area contributed by atoms with Crippen molar-refractivity contribution in [3.8, 4) is 0 Å². The molecule has 0 aliphatic carbocycles. The first kappa shape index (κ1) is 15.4. The van der Waals surface area contributed by atoms with Crippen LogP contribution in [0.25, 0.3) is 11.0 Å². The van der Waals surface area contributed by atoms with Gasteiger partial charge >= 0.3 is 0 Å². The van der Waals surface area contributed by atoms with E-state index in [9.17, 15) is 9.18 Å². The Balaban J connectivity index is 1.71. The first-order valence-corrected chi connectivity index (χ1v) is 7.96. The van der Waals surface area contributed by atoms with Crippen LogP contribution in [-0.2, 0) is 4.79 Å². The molecule has 0 unspecified atom stereocenters. The number of halogens is 1. The SMILES string of the molecule is CC(=O)N1N=C(c2ccc(F)cc2)C[C@@H]1c1ccc2nccnc2c1. The lowest BCUT2D eigenvalue weighted by Crippen LogP contribution is -2.24. The summed E-state index contributed by atoms with van der Waals surface area (Å²) in [6, 6.07) is 11.7. The van der Waals surface area contributed by atoms with Crippen molar-refractivity contribution in [1.82, 2.24) is 15.0 Å². The molecule has 0 saturated heterocycles. The number of hydrogen-bond acceptors (Lipinski definition) is 4. The molecule has 1 aromatic heterocycles. The fourth-order valence-corrected chi connectivity index (χ4v) is 3.06. The third-order valence-electron chi connectivity index (χ3n) is 4.29. The van der Waals surface area contributed by atoms with Gasteiger partial charge in [0, 0.05) is 25.7 Å². The molecule has 2 aromatic carbocycles. The minimum Gasteiger partial charge on any atom is -0.273 e. The summed E-state index contributed by atoms with van der Waals surface area (Å²) < 4.78 is 13.2. The number of amides is 1. The zero-order valence-electron chi connectivity index (χ0n) is 13.6. The number of hydrazone groups is 1. The molecule has 2 heterocycles. The van der Waals surface area contributed by atoms with Crippen molar-refractivity contribution < 1.29 is 9.18 Å². The van der Waals surface area contributed by atoms with E-state index in [-0.39, 0.29) is 17.8 Å². The number of aromatic nitrogens is 2. The smallest absolute Gasteiger partial charge is 0.240 e. The first-order valence-electron chi connectivity index (χ1n) is 7.96. The Bertz CT molecular complexity index is 984. The number of carbonyl (C=O) groups is 1. The predicted octanol–water partition coefficient (Wildman–Crippen LogP) is 3.47. The van der Waals surface area contributed by atoms with Crippen LogP contribution in [0.15, 0.2) is 60.0 Å². The molecule has 0 radical (unpaired) electrons. The van der Waals surface area contributed by atoms with Crippen molar-refractivity contribution in [3.63, 3.8) is 0 Å². The lowest BCUT2D eigenvalue weighted by Gasteiger charge is -2.20. The highest BCUT2D eigenvalue weighted by Gasteiger charge is 2.31. The highest BCUT2D eigenvalue weighted by atomic mass is 19.1. The topological polar surface area (TPSA) is 58.5 Å².